The Morgan fingerprint density at radius 1 is 0.947 bits per heavy atom. The zero-order valence-electron chi connectivity index (χ0n) is 14.8. The highest BCUT2D eigenvalue weighted by molar-refractivity contribution is 4.93. The Morgan fingerprint density at radius 3 is 1.84 bits per heavy atom. The van der Waals surface area contributed by atoms with Crippen molar-refractivity contribution in [2.75, 3.05) is 19.6 Å². The highest BCUT2D eigenvalue weighted by Gasteiger charge is 2.33. The summed E-state index contributed by atoms with van der Waals surface area (Å²) in [5.74, 6) is 0. The van der Waals surface area contributed by atoms with E-state index in [0.717, 1.165) is 19.6 Å². The molecule has 19 heavy (non-hydrogen) atoms. The maximum atomic E-state index is 3.79. The quantitative estimate of drug-likeness (QED) is 0.672. The summed E-state index contributed by atoms with van der Waals surface area (Å²) in [7, 11) is 0. The van der Waals surface area contributed by atoms with Gasteiger partial charge in [0.25, 0.3) is 0 Å². The Kier molecular flexibility index (Phi) is 8.23. The first-order valence-electron chi connectivity index (χ1n) is 8.17. The van der Waals surface area contributed by atoms with Crippen LogP contribution in [0.2, 0.25) is 0 Å². The van der Waals surface area contributed by atoms with Gasteiger partial charge in [-0.2, -0.15) is 0 Å². The summed E-state index contributed by atoms with van der Waals surface area (Å²) >= 11 is 0. The summed E-state index contributed by atoms with van der Waals surface area (Å²) in [6.45, 7) is 22.0. The van der Waals surface area contributed by atoms with Crippen LogP contribution in [0.4, 0.5) is 0 Å². The topological polar surface area (TPSA) is 15.3 Å². The molecule has 1 atom stereocenters. The third kappa shape index (κ3) is 6.76. The van der Waals surface area contributed by atoms with E-state index in [-0.39, 0.29) is 5.54 Å². The molecule has 0 spiro atoms. The van der Waals surface area contributed by atoms with Crippen LogP contribution in [-0.4, -0.2) is 36.1 Å². The first kappa shape index (κ1) is 18.9. The van der Waals surface area contributed by atoms with Gasteiger partial charge in [0.05, 0.1) is 0 Å². The average Bonchev–Trinajstić information content (AvgIpc) is 2.28. The molecule has 1 N–H and O–H groups in total. The van der Waals surface area contributed by atoms with Gasteiger partial charge in [-0.05, 0) is 58.2 Å². The molecular formula is C17H38N2. The van der Waals surface area contributed by atoms with Gasteiger partial charge in [0.15, 0.2) is 0 Å². The predicted molar refractivity (Wildman–Crippen MR) is 87.8 cm³/mol. The molecule has 0 saturated carbocycles. The predicted octanol–water partition coefficient (Wildman–Crippen LogP) is 4.30. The van der Waals surface area contributed by atoms with Crippen molar-refractivity contribution >= 4 is 0 Å². The van der Waals surface area contributed by atoms with Crippen molar-refractivity contribution in [3.8, 4) is 0 Å². The lowest BCUT2D eigenvalue weighted by Gasteiger charge is -2.44. The molecule has 0 heterocycles. The zero-order chi connectivity index (χ0) is 15.1. The molecule has 0 aromatic carbocycles. The number of nitrogens with zero attached hydrogens (tertiary/aromatic N) is 1. The van der Waals surface area contributed by atoms with E-state index in [0.29, 0.717) is 11.5 Å². The second-order valence-corrected chi connectivity index (χ2v) is 7.43. The van der Waals surface area contributed by atoms with Crippen LogP contribution in [0.3, 0.4) is 0 Å². The molecule has 2 heteroatoms. The van der Waals surface area contributed by atoms with E-state index in [1.54, 1.807) is 0 Å². The second kappa shape index (κ2) is 8.26. The van der Waals surface area contributed by atoms with Gasteiger partial charge in [-0.3, -0.25) is 4.90 Å². The van der Waals surface area contributed by atoms with Crippen LogP contribution < -0.4 is 5.32 Å². The smallest absolute Gasteiger partial charge is 0.0306 e. The zero-order valence-corrected chi connectivity index (χ0v) is 14.8. The van der Waals surface area contributed by atoms with Gasteiger partial charge in [-0.25, -0.2) is 0 Å². The van der Waals surface area contributed by atoms with Crippen molar-refractivity contribution in [2.24, 2.45) is 5.41 Å². The molecule has 0 aliphatic carbocycles. The second-order valence-electron chi connectivity index (χ2n) is 7.43. The molecule has 0 bridgehead atoms. The van der Waals surface area contributed by atoms with Gasteiger partial charge in [0.2, 0.25) is 0 Å². The van der Waals surface area contributed by atoms with Crippen LogP contribution >= 0.6 is 0 Å². The minimum atomic E-state index is 0.226. The van der Waals surface area contributed by atoms with Crippen LogP contribution in [0, 0.1) is 5.41 Å². The van der Waals surface area contributed by atoms with Crippen LogP contribution in [0.1, 0.15) is 74.7 Å². The summed E-state index contributed by atoms with van der Waals surface area (Å²) in [5.41, 5.74) is 0.648. The Bertz CT molecular complexity index is 224. The lowest BCUT2D eigenvalue weighted by molar-refractivity contribution is 0.0821. The number of hydrogen-bond acceptors (Lipinski definition) is 2. The Labute approximate surface area is 122 Å². The van der Waals surface area contributed by atoms with Crippen molar-refractivity contribution in [3.05, 3.63) is 0 Å². The number of hydrogen-bond donors (Lipinski definition) is 1. The third-order valence-electron chi connectivity index (χ3n) is 4.25. The molecule has 0 amide bonds. The fourth-order valence-corrected chi connectivity index (χ4v) is 2.86. The largest absolute Gasteiger partial charge is 0.312 e. The summed E-state index contributed by atoms with van der Waals surface area (Å²) < 4.78 is 0. The molecule has 0 rings (SSSR count). The lowest BCUT2D eigenvalue weighted by Crippen LogP contribution is -2.58. The molecule has 0 radical (unpaired) electrons. The molecule has 0 aromatic heterocycles. The normalized spacial score (nSPS) is 15.0. The summed E-state index contributed by atoms with van der Waals surface area (Å²) in [4.78, 5) is 2.59. The van der Waals surface area contributed by atoms with E-state index in [1.165, 1.54) is 19.3 Å². The van der Waals surface area contributed by atoms with Crippen molar-refractivity contribution in [1.29, 1.82) is 0 Å². The molecule has 0 aliphatic heterocycles. The molecule has 0 aliphatic rings. The first-order chi connectivity index (χ1) is 8.69. The van der Waals surface area contributed by atoms with Crippen LogP contribution in [0.15, 0.2) is 0 Å². The van der Waals surface area contributed by atoms with E-state index in [9.17, 15) is 0 Å². The van der Waals surface area contributed by atoms with Crippen molar-refractivity contribution < 1.29 is 0 Å². The summed E-state index contributed by atoms with van der Waals surface area (Å²) in [6.07, 6.45) is 3.74. The number of rotatable bonds is 9. The molecule has 0 aromatic rings. The van der Waals surface area contributed by atoms with Gasteiger partial charge in [-0.1, -0.05) is 41.5 Å². The van der Waals surface area contributed by atoms with E-state index < -0.39 is 0 Å². The maximum absolute atomic E-state index is 3.79. The van der Waals surface area contributed by atoms with Crippen molar-refractivity contribution in [2.45, 2.75) is 86.2 Å². The Balaban J connectivity index is 4.79. The van der Waals surface area contributed by atoms with E-state index in [2.05, 4.69) is 65.6 Å². The third-order valence-corrected chi connectivity index (χ3v) is 4.25. The maximum Gasteiger partial charge on any atom is 0.0306 e. The SMILES string of the molecule is CCCNC(CCC(C)(C)C)C(C)(C)N(CC)CC. The molecule has 0 saturated heterocycles. The van der Waals surface area contributed by atoms with Gasteiger partial charge >= 0.3 is 0 Å². The van der Waals surface area contributed by atoms with Gasteiger partial charge < -0.3 is 5.32 Å². The highest BCUT2D eigenvalue weighted by atomic mass is 15.2. The molecule has 0 fully saturated rings. The fourth-order valence-electron chi connectivity index (χ4n) is 2.86. The van der Waals surface area contributed by atoms with Crippen LogP contribution in [-0.2, 0) is 0 Å². The molecule has 2 nitrogen and oxygen atoms in total. The fraction of sp³-hybridized carbons (Fsp3) is 1.00. The lowest BCUT2D eigenvalue weighted by atomic mass is 9.82. The Hall–Kier alpha value is -0.0800. The van der Waals surface area contributed by atoms with Crippen molar-refractivity contribution in [3.63, 3.8) is 0 Å². The minimum Gasteiger partial charge on any atom is -0.312 e. The highest BCUT2D eigenvalue weighted by Crippen LogP contribution is 2.28. The van der Waals surface area contributed by atoms with E-state index in [4.69, 9.17) is 0 Å². The van der Waals surface area contributed by atoms with E-state index >= 15 is 0 Å². The van der Waals surface area contributed by atoms with Gasteiger partial charge in [0.1, 0.15) is 0 Å². The standard InChI is InChI=1S/C17H38N2/c1-9-14-18-15(12-13-16(4,5)6)17(7,8)19(10-2)11-3/h15,18H,9-14H2,1-8H3. The van der Waals surface area contributed by atoms with E-state index in [1.807, 2.05) is 0 Å². The minimum absolute atomic E-state index is 0.226. The molecular weight excluding hydrogens is 232 g/mol. The first-order valence-corrected chi connectivity index (χ1v) is 8.17. The summed E-state index contributed by atoms with van der Waals surface area (Å²) in [6, 6.07) is 0.576. The number of nitrogens with one attached hydrogen (secondary N) is 1. The molecule has 1 unspecified atom stereocenters. The Morgan fingerprint density at radius 2 is 1.47 bits per heavy atom. The van der Waals surface area contributed by atoms with Gasteiger partial charge in [0, 0.05) is 11.6 Å². The molecule has 116 valence electrons. The van der Waals surface area contributed by atoms with Gasteiger partial charge in [-0.15, -0.1) is 0 Å². The summed E-state index contributed by atoms with van der Waals surface area (Å²) in [5, 5.41) is 3.79. The monoisotopic (exact) mass is 270 g/mol. The van der Waals surface area contributed by atoms with Crippen molar-refractivity contribution in [1.82, 2.24) is 10.2 Å². The average molecular weight is 271 g/mol. The number of likely N-dealkylation sites (N-methyl/N-ethyl adjacent to an activating group) is 1. The van der Waals surface area contributed by atoms with Crippen LogP contribution in [0.25, 0.3) is 0 Å². The van der Waals surface area contributed by atoms with Crippen LogP contribution in [0.5, 0.6) is 0 Å².